The first kappa shape index (κ1) is 12.3. The van der Waals surface area contributed by atoms with Crippen LogP contribution in [0.15, 0.2) is 42.5 Å². The van der Waals surface area contributed by atoms with Crippen molar-refractivity contribution in [3.63, 3.8) is 0 Å². The fourth-order valence-electron chi connectivity index (χ4n) is 1.67. The van der Waals surface area contributed by atoms with Crippen molar-refractivity contribution in [2.75, 3.05) is 0 Å². The Morgan fingerprint density at radius 3 is 2.33 bits per heavy atom. The fraction of sp³-hybridized carbons (Fsp3) is 0. The average Bonchev–Trinajstić information content (AvgIpc) is 2.38. The van der Waals surface area contributed by atoms with Crippen LogP contribution in [0.4, 0.5) is 10.1 Å². The summed E-state index contributed by atoms with van der Waals surface area (Å²) in [5.74, 6) is -0.432. The molecule has 0 spiro atoms. The van der Waals surface area contributed by atoms with Crippen molar-refractivity contribution in [2.24, 2.45) is 0 Å². The van der Waals surface area contributed by atoms with Crippen molar-refractivity contribution in [1.29, 1.82) is 0 Å². The predicted molar refractivity (Wildman–Crippen MR) is 65.7 cm³/mol. The molecule has 0 N–H and O–H groups in total. The topological polar surface area (TPSA) is 60.2 Å². The molecule has 0 unspecified atom stereocenters. The van der Waals surface area contributed by atoms with Gasteiger partial charge in [-0.1, -0.05) is 18.2 Å². The lowest BCUT2D eigenvalue weighted by Crippen LogP contribution is -2.02. The Labute approximate surface area is 103 Å². The Hall–Kier alpha value is -2.13. The van der Waals surface area contributed by atoms with E-state index in [2.05, 4.69) is 0 Å². The number of rotatable bonds is 3. The number of hydrogen-bond donors (Lipinski definition) is 0. The van der Waals surface area contributed by atoms with Crippen LogP contribution in [0.25, 0.3) is 11.1 Å². The van der Waals surface area contributed by atoms with Crippen LogP contribution in [-0.2, 0) is 4.57 Å². The van der Waals surface area contributed by atoms with E-state index in [-0.39, 0.29) is 19.7 Å². The number of halogens is 1. The van der Waals surface area contributed by atoms with Crippen molar-refractivity contribution in [3.8, 4) is 11.1 Å². The largest absolute Gasteiger partial charge is 0.278 e. The molecule has 6 heteroatoms. The van der Waals surface area contributed by atoms with Gasteiger partial charge in [-0.15, -0.1) is 0 Å². The summed E-state index contributed by atoms with van der Waals surface area (Å²) in [5, 5.41) is 11.3. The molecule has 0 radical (unpaired) electrons. The van der Waals surface area contributed by atoms with Crippen molar-refractivity contribution < 1.29 is 13.9 Å². The zero-order valence-corrected chi connectivity index (χ0v) is 9.93. The number of nitro benzene ring substituents is 1. The van der Waals surface area contributed by atoms with E-state index in [0.29, 0.717) is 10.9 Å². The molecule has 0 aliphatic carbocycles. The van der Waals surface area contributed by atoms with Gasteiger partial charge >= 0.3 is 0 Å². The normalized spacial score (nSPS) is 10.5. The summed E-state index contributed by atoms with van der Waals surface area (Å²) < 4.78 is 23.9. The van der Waals surface area contributed by atoms with Crippen LogP contribution in [0.5, 0.6) is 0 Å². The fourth-order valence-corrected chi connectivity index (χ4v) is 2.15. The molecule has 0 saturated heterocycles. The second kappa shape index (κ2) is 5.02. The van der Waals surface area contributed by atoms with E-state index < -0.39 is 10.7 Å². The summed E-state index contributed by atoms with van der Waals surface area (Å²) in [4.78, 5) is 10.4. The molecule has 0 heterocycles. The summed E-state index contributed by atoms with van der Waals surface area (Å²) in [6, 6.07) is 9.58. The Morgan fingerprint density at radius 1 is 1.11 bits per heavy atom. The van der Waals surface area contributed by atoms with Crippen LogP contribution in [0.3, 0.4) is 0 Å². The van der Waals surface area contributed by atoms with Gasteiger partial charge in [-0.05, 0) is 23.8 Å². The molecule has 0 atom stereocenters. The monoisotopic (exact) mass is 263 g/mol. The number of hydrogen-bond acceptors (Lipinski definition) is 3. The third-order valence-electron chi connectivity index (χ3n) is 2.45. The first-order chi connectivity index (χ1) is 8.63. The molecular weight excluding hydrogens is 256 g/mol. The third-order valence-corrected chi connectivity index (χ3v) is 3.02. The van der Waals surface area contributed by atoms with Gasteiger partial charge in [-0.25, -0.2) is 4.39 Å². The molecule has 0 aliphatic rings. The molecular formula is C12H7FNO3P. The molecule has 0 aromatic heterocycles. The minimum absolute atomic E-state index is 0.151. The third kappa shape index (κ3) is 2.26. The van der Waals surface area contributed by atoms with Gasteiger partial charge in [0, 0.05) is 6.07 Å². The summed E-state index contributed by atoms with van der Waals surface area (Å²) in [6.45, 7) is 0. The van der Waals surface area contributed by atoms with Gasteiger partial charge < -0.3 is 0 Å². The van der Waals surface area contributed by atoms with Crippen molar-refractivity contribution >= 4 is 19.5 Å². The van der Waals surface area contributed by atoms with Crippen LogP contribution in [0, 0.1) is 15.9 Å². The maximum absolute atomic E-state index is 12.8. The lowest BCUT2D eigenvalue weighted by molar-refractivity contribution is -0.384. The van der Waals surface area contributed by atoms with E-state index in [0.717, 1.165) is 0 Å². The maximum atomic E-state index is 12.8. The van der Waals surface area contributed by atoms with E-state index >= 15 is 0 Å². The second-order valence-corrected chi connectivity index (χ2v) is 4.19. The highest BCUT2D eigenvalue weighted by Gasteiger charge is 2.19. The van der Waals surface area contributed by atoms with Crippen LogP contribution in [-0.4, -0.2) is 4.92 Å². The van der Waals surface area contributed by atoms with Gasteiger partial charge in [-0.2, -0.15) is 0 Å². The molecule has 0 saturated carbocycles. The maximum Gasteiger partial charge on any atom is 0.278 e. The summed E-state index contributed by atoms with van der Waals surface area (Å²) >= 11 is 0. The van der Waals surface area contributed by atoms with Gasteiger partial charge in [0.25, 0.3) is 5.69 Å². The molecule has 0 bridgehead atoms. The Bertz CT molecular complexity index is 613. The lowest BCUT2D eigenvalue weighted by Gasteiger charge is -2.05. The van der Waals surface area contributed by atoms with E-state index in [1.165, 1.54) is 42.5 Å². The van der Waals surface area contributed by atoms with Gasteiger partial charge in [0.1, 0.15) is 5.82 Å². The molecule has 4 nitrogen and oxygen atoms in total. The van der Waals surface area contributed by atoms with Gasteiger partial charge in [0.15, 0.2) is 8.46 Å². The quantitative estimate of drug-likeness (QED) is 0.485. The number of benzene rings is 2. The van der Waals surface area contributed by atoms with E-state index in [1.54, 1.807) is 0 Å². The molecule has 2 aromatic rings. The van der Waals surface area contributed by atoms with Crippen LogP contribution >= 0.6 is 8.46 Å². The number of nitro groups is 1. The van der Waals surface area contributed by atoms with Gasteiger partial charge in [0.2, 0.25) is 0 Å². The minimum atomic E-state index is -0.548. The lowest BCUT2D eigenvalue weighted by atomic mass is 10.0. The molecule has 90 valence electrons. The molecule has 0 fully saturated rings. The Morgan fingerprint density at radius 2 is 1.78 bits per heavy atom. The van der Waals surface area contributed by atoms with Crippen LogP contribution < -0.4 is 5.30 Å². The van der Waals surface area contributed by atoms with Gasteiger partial charge in [0.05, 0.1) is 15.8 Å². The number of nitrogens with zero attached hydrogens (tertiary/aromatic N) is 1. The SMILES string of the molecule is O=Pc1cccc([N+](=O)[O-])c1-c1ccc(F)cc1. The highest BCUT2D eigenvalue weighted by Crippen LogP contribution is 2.30. The summed E-state index contributed by atoms with van der Waals surface area (Å²) in [6.07, 6.45) is 0. The summed E-state index contributed by atoms with van der Waals surface area (Å²) in [5.41, 5.74) is 0.559. The molecule has 0 aliphatic heterocycles. The Balaban J connectivity index is 2.71. The smallest absolute Gasteiger partial charge is 0.269 e. The molecule has 2 rings (SSSR count). The summed E-state index contributed by atoms with van der Waals surface area (Å²) in [7, 11) is -0.315. The van der Waals surface area contributed by atoms with E-state index in [1.807, 2.05) is 0 Å². The van der Waals surface area contributed by atoms with Crippen molar-refractivity contribution in [2.45, 2.75) is 0 Å². The van der Waals surface area contributed by atoms with E-state index in [4.69, 9.17) is 0 Å². The molecule has 2 aromatic carbocycles. The predicted octanol–water partition coefficient (Wildman–Crippen LogP) is 3.32. The van der Waals surface area contributed by atoms with Crippen LogP contribution in [0.2, 0.25) is 0 Å². The molecule has 0 amide bonds. The first-order valence-corrected chi connectivity index (χ1v) is 5.81. The average molecular weight is 263 g/mol. The first-order valence-electron chi connectivity index (χ1n) is 5.00. The van der Waals surface area contributed by atoms with Crippen molar-refractivity contribution in [1.82, 2.24) is 0 Å². The minimum Gasteiger partial charge on any atom is -0.269 e. The second-order valence-electron chi connectivity index (χ2n) is 3.53. The zero-order valence-electron chi connectivity index (χ0n) is 9.04. The standard InChI is InChI=1S/C12H7FNO3P/c13-9-6-4-8(5-7-9)12-10(14(15)16)2-1-3-11(12)18-17/h1-7H. The van der Waals surface area contributed by atoms with Crippen LogP contribution in [0.1, 0.15) is 0 Å². The molecule has 18 heavy (non-hydrogen) atoms. The van der Waals surface area contributed by atoms with E-state index in [9.17, 15) is 19.1 Å². The van der Waals surface area contributed by atoms with Crippen molar-refractivity contribution in [3.05, 3.63) is 58.4 Å². The highest BCUT2D eigenvalue weighted by atomic mass is 31.1. The van der Waals surface area contributed by atoms with Gasteiger partial charge in [-0.3, -0.25) is 14.7 Å². The Kier molecular flexibility index (Phi) is 3.44. The zero-order chi connectivity index (χ0) is 13.1. The highest BCUT2D eigenvalue weighted by molar-refractivity contribution is 7.34.